The summed E-state index contributed by atoms with van der Waals surface area (Å²) in [5, 5.41) is 1.64. The fraction of sp³-hybridized carbons (Fsp3) is 0.333. The third kappa shape index (κ3) is 4.76. The van der Waals surface area contributed by atoms with Gasteiger partial charge in [0.15, 0.2) is 15.6 Å². The molecule has 0 bridgehead atoms. The summed E-state index contributed by atoms with van der Waals surface area (Å²) >= 11 is 1.22. The van der Waals surface area contributed by atoms with Crippen molar-refractivity contribution in [1.82, 2.24) is 4.90 Å². The third-order valence-electron chi connectivity index (χ3n) is 3.87. The largest absolute Gasteiger partial charge is 0.338 e. The number of hydrogen-bond acceptors (Lipinski definition) is 5. The molecule has 1 aromatic heterocycles. The molecular weight excluding hydrogens is 358 g/mol. The minimum absolute atomic E-state index is 0.0888. The number of Topliss-reactive ketones (excluding diaryl/α,β-unsaturated/α-hetero) is 1. The molecule has 0 fully saturated rings. The maximum Gasteiger partial charge on any atom is 0.254 e. The van der Waals surface area contributed by atoms with E-state index in [1.165, 1.54) is 23.2 Å². The van der Waals surface area contributed by atoms with Crippen LogP contribution in [0.2, 0.25) is 0 Å². The molecule has 0 N–H and O–H groups in total. The van der Waals surface area contributed by atoms with Gasteiger partial charge in [0.1, 0.15) is 0 Å². The number of thiophene rings is 1. The Kier molecular flexibility index (Phi) is 6.13. The van der Waals surface area contributed by atoms with Crippen LogP contribution in [0, 0.1) is 6.92 Å². The number of carbonyl (C=O) groups excluding carboxylic acids is 2. The third-order valence-corrected chi connectivity index (χ3v) is 6.61. The van der Waals surface area contributed by atoms with Gasteiger partial charge in [0.2, 0.25) is 0 Å². The summed E-state index contributed by atoms with van der Waals surface area (Å²) in [4.78, 5) is 26.2. The van der Waals surface area contributed by atoms with Gasteiger partial charge in [-0.25, -0.2) is 8.42 Å². The van der Waals surface area contributed by atoms with Crippen LogP contribution >= 0.6 is 11.3 Å². The molecule has 1 aromatic carbocycles. The van der Waals surface area contributed by atoms with E-state index in [9.17, 15) is 18.0 Å². The van der Waals surface area contributed by atoms with Gasteiger partial charge < -0.3 is 4.90 Å². The van der Waals surface area contributed by atoms with Crippen LogP contribution in [0.4, 0.5) is 0 Å². The zero-order valence-corrected chi connectivity index (χ0v) is 16.1. The standard InChI is InChI=1S/C18H21NO4S2/c1-4-19(18(21)15-11-17(14(3)20)24-12-15)9-10-25(22,23)16-7-5-13(2)6-8-16/h5-8,11-12H,4,9-10H2,1-3H3. The lowest BCUT2D eigenvalue weighted by molar-refractivity contribution is 0.0774. The van der Waals surface area contributed by atoms with Gasteiger partial charge in [-0.05, 0) is 39.0 Å². The number of amides is 1. The minimum Gasteiger partial charge on any atom is -0.338 e. The molecule has 0 radical (unpaired) electrons. The Morgan fingerprint density at radius 3 is 2.32 bits per heavy atom. The lowest BCUT2D eigenvalue weighted by Gasteiger charge is -2.20. The monoisotopic (exact) mass is 379 g/mol. The fourth-order valence-electron chi connectivity index (χ4n) is 2.31. The second kappa shape index (κ2) is 7.93. The van der Waals surface area contributed by atoms with Crippen molar-refractivity contribution >= 4 is 32.9 Å². The van der Waals surface area contributed by atoms with Crippen molar-refractivity contribution in [3.63, 3.8) is 0 Å². The Bertz CT molecular complexity index is 867. The molecule has 2 aromatic rings. The van der Waals surface area contributed by atoms with Crippen molar-refractivity contribution in [2.45, 2.75) is 25.7 Å². The summed E-state index contributed by atoms with van der Waals surface area (Å²) < 4.78 is 24.9. The zero-order chi connectivity index (χ0) is 18.6. The summed E-state index contributed by atoms with van der Waals surface area (Å²) in [6.07, 6.45) is 0. The second-order valence-electron chi connectivity index (χ2n) is 5.77. The van der Waals surface area contributed by atoms with Crippen LogP contribution in [-0.2, 0) is 9.84 Å². The first-order valence-corrected chi connectivity index (χ1v) is 10.5. The molecule has 7 heteroatoms. The average molecular weight is 380 g/mol. The summed E-state index contributed by atoms with van der Waals surface area (Å²) in [6, 6.07) is 8.24. The number of ketones is 1. The van der Waals surface area contributed by atoms with E-state index in [1.54, 1.807) is 42.6 Å². The van der Waals surface area contributed by atoms with Gasteiger partial charge >= 0.3 is 0 Å². The van der Waals surface area contributed by atoms with E-state index in [2.05, 4.69) is 0 Å². The van der Waals surface area contributed by atoms with Gasteiger partial charge in [0.25, 0.3) is 5.91 Å². The first-order valence-electron chi connectivity index (χ1n) is 7.92. The SMILES string of the molecule is CCN(CCS(=O)(=O)c1ccc(C)cc1)C(=O)c1csc(C(C)=O)c1. The van der Waals surface area contributed by atoms with Gasteiger partial charge in [-0.1, -0.05) is 17.7 Å². The highest BCUT2D eigenvalue weighted by Gasteiger charge is 2.21. The predicted octanol–water partition coefficient (Wildman–Crippen LogP) is 3.20. The Hall–Kier alpha value is -1.99. The van der Waals surface area contributed by atoms with Gasteiger partial charge in [-0.2, -0.15) is 0 Å². The van der Waals surface area contributed by atoms with E-state index in [-0.39, 0.29) is 28.9 Å². The smallest absolute Gasteiger partial charge is 0.254 e. The van der Waals surface area contributed by atoms with Crippen molar-refractivity contribution in [3.05, 3.63) is 51.7 Å². The van der Waals surface area contributed by atoms with E-state index in [0.717, 1.165) is 5.56 Å². The van der Waals surface area contributed by atoms with Crippen LogP contribution in [0.1, 0.15) is 39.4 Å². The van der Waals surface area contributed by atoms with Gasteiger partial charge in [-0.3, -0.25) is 9.59 Å². The molecule has 5 nitrogen and oxygen atoms in total. The quantitative estimate of drug-likeness (QED) is 0.693. The molecular formula is C18H21NO4S2. The van der Waals surface area contributed by atoms with Crippen LogP contribution in [0.5, 0.6) is 0 Å². The molecule has 0 atom stereocenters. The first kappa shape index (κ1) is 19.3. The maximum absolute atomic E-state index is 12.5. The first-order chi connectivity index (χ1) is 11.7. The average Bonchev–Trinajstić information content (AvgIpc) is 3.06. The Labute approximate surface area is 152 Å². The van der Waals surface area contributed by atoms with Crippen molar-refractivity contribution in [2.24, 2.45) is 0 Å². The van der Waals surface area contributed by atoms with Crippen molar-refractivity contribution in [3.8, 4) is 0 Å². The molecule has 0 saturated heterocycles. The number of benzene rings is 1. The molecule has 0 aliphatic carbocycles. The molecule has 0 aliphatic rings. The van der Waals surface area contributed by atoms with Gasteiger partial charge in [0, 0.05) is 18.5 Å². The Morgan fingerprint density at radius 1 is 1.16 bits per heavy atom. The van der Waals surface area contributed by atoms with Crippen LogP contribution in [0.25, 0.3) is 0 Å². The van der Waals surface area contributed by atoms with Crippen LogP contribution in [0.3, 0.4) is 0 Å². The lowest BCUT2D eigenvalue weighted by Crippen LogP contribution is -2.34. The van der Waals surface area contributed by atoms with Crippen LogP contribution in [0.15, 0.2) is 40.6 Å². The molecule has 0 spiro atoms. The van der Waals surface area contributed by atoms with E-state index < -0.39 is 9.84 Å². The van der Waals surface area contributed by atoms with E-state index >= 15 is 0 Å². The lowest BCUT2D eigenvalue weighted by atomic mass is 10.2. The minimum atomic E-state index is -3.45. The topological polar surface area (TPSA) is 71.5 Å². The van der Waals surface area contributed by atoms with Crippen molar-refractivity contribution in [2.75, 3.05) is 18.8 Å². The van der Waals surface area contributed by atoms with E-state index in [4.69, 9.17) is 0 Å². The number of nitrogens with zero attached hydrogens (tertiary/aromatic N) is 1. The molecule has 1 heterocycles. The number of rotatable bonds is 7. The van der Waals surface area contributed by atoms with Gasteiger partial charge in [0.05, 0.1) is 21.1 Å². The maximum atomic E-state index is 12.5. The Balaban J connectivity index is 2.09. The highest BCUT2D eigenvalue weighted by molar-refractivity contribution is 7.91. The summed E-state index contributed by atoms with van der Waals surface area (Å²) in [5.41, 5.74) is 1.41. The normalized spacial score (nSPS) is 11.3. The summed E-state index contributed by atoms with van der Waals surface area (Å²) in [6.45, 7) is 5.65. The van der Waals surface area contributed by atoms with Crippen LogP contribution in [-0.4, -0.2) is 43.9 Å². The zero-order valence-electron chi connectivity index (χ0n) is 14.5. The summed E-state index contributed by atoms with van der Waals surface area (Å²) in [7, 11) is -3.45. The van der Waals surface area contributed by atoms with Crippen molar-refractivity contribution in [1.29, 1.82) is 0 Å². The number of aryl methyl sites for hydroxylation is 1. The number of carbonyl (C=O) groups is 2. The second-order valence-corrected chi connectivity index (χ2v) is 8.79. The molecule has 25 heavy (non-hydrogen) atoms. The molecule has 0 unspecified atom stereocenters. The highest BCUT2D eigenvalue weighted by atomic mass is 32.2. The summed E-state index contributed by atoms with van der Waals surface area (Å²) in [5.74, 6) is -0.487. The number of hydrogen-bond donors (Lipinski definition) is 0. The van der Waals surface area contributed by atoms with Crippen molar-refractivity contribution < 1.29 is 18.0 Å². The van der Waals surface area contributed by atoms with E-state index in [0.29, 0.717) is 17.0 Å². The number of sulfone groups is 1. The molecule has 1 amide bonds. The molecule has 2 rings (SSSR count). The predicted molar refractivity (Wildman–Crippen MR) is 99.1 cm³/mol. The van der Waals surface area contributed by atoms with Crippen LogP contribution < -0.4 is 0 Å². The fourth-order valence-corrected chi connectivity index (χ4v) is 4.34. The molecule has 0 aliphatic heterocycles. The Morgan fingerprint density at radius 2 is 1.80 bits per heavy atom. The highest BCUT2D eigenvalue weighted by Crippen LogP contribution is 2.18. The molecule has 134 valence electrons. The van der Waals surface area contributed by atoms with Gasteiger partial charge in [-0.15, -0.1) is 11.3 Å². The molecule has 0 saturated carbocycles. The van der Waals surface area contributed by atoms with E-state index in [1.807, 2.05) is 6.92 Å².